The summed E-state index contributed by atoms with van der Waals surface area (Å²) in [6.45, 7) is 0.490. The average molecular weight is 492 g/mol. The molecule has 3 aromatic carbocycles. The Labute approximate surface area is 206 Å². The summed E-state index contributed by atoms with van der Waals surface area (Å²) in [4.78, 5) is 24.6. The van der Waals surface area contributed by atoms with Gasteiger partial charge in [-0.25, -0.2) is 0 Å². The van der Waals surface area contributed by atoms with Crippen LogP contribution in [0, 0.1) is 0 Å². The second kappa shape index (κ2) is 11.0. The predicted molar refractivity (Wildman–Crippen MR) is 135 cm³/mol. The molecule has 34 heavy (non-hydrogen) atoms. The molecule has 0 saturated heterocycles. The van der Waals surface area contributed by atoms with Gasteiger partial charge in [0, 0.05) is 24.8 Å². The van der Waals surface area contributed by atoms with E-state index in [9.17, 15) is 9.59 Å². The fraction of sp³-hybridized carbons (Fsp3) is 0.120. The molecule has 0 spiro atoms. The SMILES string of the molecule is Cn1c(SCC(=O)NCc2ccccc2)nnc1-c1ccc(NC(=O)c2ccccc2Cl)cc1. The topological polar surface area (TPSA) is 88.9 Å². The van der Waals surface area contributed by atoms with Gasteiger partial charge in [0.2, 0.25) is 5.91 Å². The summed E-state index contributed by atoms with van der Waals surface area (Å²) in [7, 11) is 1.85. The van der Waals surface area contributed by atoms with Crippen molar-refractivity contribution in [3.63, 3.8) is 0 Å². The summed E-state index contributed by atoms with van der Waals surface area (Å²) in [6, 6.07) is 23.9. The maximum Gasteiger partial charge on any atom is 0.257 e. The molecule has 0 bridgehead atoms. The highest BCUT2D eigenvalue weighted by Gasteiger charge is 2.14. The average Bonchev–Trinajstić information content (AvgIpc) is 3.23. The van der Waals surface area contributed by atoms with E-state index in [0.717, 1.165) is 11.1 Å². The van der Waals surface area contributed by atoms with Crippen molar-refractivity contribution in [2.45, 2.75) is 11.7 Å². The number of rotatable bonds is 8. The molecule has 1 heterocycles. The van der Waals surface area contributed by atoms with E-state index in [0.29, 0.717) is 33.8 Å². The van der Waals surface area contributed by atoms with E-state index in [2.05, 4.69) is 20.8 Å². The smallest absolute Gasteiger partial charge is 0.257 e. The molecule has 9 heteroatoms. The number of halogens is 1. The third-order valence-electron chi connectivity index (χ3n) is 5.02. The summed E-state index contributed by atoms with van der Waals surface area (Å²) in [6.07, 6.45) is 0. The Morgan fingerprint density at radius 3 is 2.38 bits per heavy atom. The number of nitrogens with zero attached hydrogens (tertiary/aromatic N) is 3. The Bertz CT molecular complexity index is 1290. The first-order valence-corrected chi connectivity index (χ1v) is 11.9. The fourth-order valence-corrected chi connectivity index (χ4v) is 4.18. The van der Waals surface area contributed by atoms with Crippen LogP contribution >= 0.6 is 23.4 Å². The molecule has 7 nitrogen and oxygen atoms in total. The van der Waals surface area contributed by atoms with Crippen molar-refractivity contribution in [3.8, 4) is 11.4 Å². The number of carbonyl (C=O) groups is 2. The van der Waals surface area contributed by atoms with Gasteiger partial charge in [-0.05, 0) is 42.0 Å². The highest BCUT2D eigenvalue weighted by atomic mass is 35.5. The molecular formula is C25H22ClN5O2S. The Morgan fingerprint density at radius 2 is 1.65 bits per heavy atom. The summed E-state index contributed by atoms with van der Waals surface area (Å²) in [5, 5.41) is 15.3. The van der Waals surface area contributed by atoms with Gasteiger partial charge in [-0.3, -0.25) is 9.59 Å². The van der Waals surface area contributed by atoms with Crippen LogP contribution in [0.3, 0.4) is 0 Å². The van der Waals surface area contributed by atoms with Crippen molar-refractivity contribution in [1.82, 2.24) is 20.1 Å². The summed E-state index contributed by atoms with van der Waals surface area (Å²) < 4.78 is 1.84. The van der Waals surface area contributed by atoms with E-state index in [4.69, 9.17) is 11.6 Å². The van der Waals surface area contributed by atoms with Crippen LogP contribution in [0.1, 0.15) is 15.9 Å². The normalized spacial score (nSPS) is 10.6. The van der Waals surface area contributed by atoms with E-state index >= 15 is 0 Å². The van der Waals surface area contributed by atoms with Crippen molar-refractivity contribution in [2.75, 3.05) is 11.1 Å². The van der Waals surface area contributed by atoms with Crippen molar-refractivity contribution in [2.24, 2.45) is 7.05 Å². The molecule has 2 amide bonds. The Hall–Kier alpha value is -3.62. The summed E-state index contributed by atoms with van der Waals surface area (Å²) in [5.74, 6) is 0.556. The zero-order valence-electron chi connectivity index (χ0n) is 18.4. The summed E-state index contributed by atoms with van der Waals surface area (Å²) in [5.41, 5.74) is 2.94. The molecule has 0 unspecified atom stereocenters. The van der Waals surface area contributed by atoms with Gasteiger partial charge in [0.1, 0.15) is 0 Å². The molecule has 172 valence electrons. The number of hydrogen-bond acceptors (Lipinski definition) is 5. The third kappa shape index (κ3) is 5.84. The lowest BCUT2D eigenvalue weighted by atomic mass is 10.1. The van der Waals surface area contributed by atoms with E-state index in [1.54, 1.807) is 36.4 Å². The van der Waals surface area contributed by atoms with Gasteiger partial charge in [0.05, 0.1) is 16.3 Å². The number of carbonyl (C=O) groups excluding carboxylic acids is 2. The molecule has 0 fully saturated rings. The second-order valence-electron chi connectivity index (χ2n) is 7.43. The van der Waals surface area contributed by atoms with Gasteiger partial charge >= 0.3 is 0 Å². The lowest BCUT2D eigenvalue weighted by molar-refractivity contribution is -0.118. The lowest BCUT2D eigenvalue weighted by Gasteiger charge is -2.08. The number of benzene rings is 3. The molecular weight excluding hydrogens is 470 g/mol. The first kappa shape index (κ1) is 23.5. The maximum atomic E-state index is 12.4. The largest absolute Gasteiger partial charge is 0.351 e. The van der Waals surface area contributed by atoms with Gasteiger partial charge in [-0.1, -0.05) is 65.8 Å². The zero-order valence-corrected chi connectivity index (χ0v) is 19.9. The van der Waals surface area contributed by atoms with Gasteiger partial charge in [0.15, 0.2) is 11.0 Å². The molecule has 0 radical (unpaired) electrons. The summed E-state index contributed by atoms with van der Waals surface area (Å²) >= 11 is 7.42. The van der Waals surface area contributed by atoms with Gasteiger partial charge in [-0.15, -0.1) is 10.2 Å². The number of thioether (sulfide) groups is 1. The number of anilines is 1. The van der Waals surface area contributed by atoms with Gasteiger partial charge in [-0.2, -0.15) is 0 Å². The molecule has 1 aromatic heterocycles. The highest BCUT2D eigenvalue weighted by Crippen LogP contribution is 2.24. The molecule has 0 aliphatic heterocycles. The monoisotopic (exact) mass is 491 g/mol. The Morgan fingerprint density at radius 1 is 0.941 bits per heavy atom. The first-order chi connectivity index (χ1) is 16.5. The molecule has 4 rings (SSSR count). The molecule has 2 N–H and O–H groups in total. The van der Waals surface area contributed by atoms with Crippen LogP contribution < -0.4 is 10.6 Å². The molecule has 4 aromatic rings. The minimum Gasteiger partial charge on any atom is -0.351 e. The number of nitrogens with one attached hydrogen (secondary N) is 2. The van der Waals surface area contributed by atoms with Crippen molar-refractivity contribution < 1.29 is 9.59 Å². The van der Waals surface area contributed by atoms with Crippen LogP contribution in [-0.2, 0) is 18.4 Å². The van der Waals surface area contributed by atoms with Crippen LogP contribution in [0.15, 0.2) is 84.0 Å². The maximum absolute atomic E-state index is 12.4. The standard InChI is InChI=1S/C25H22ClN5O2S/c1-31-23(29-30-25(31)34-16-22(32)27-15-17-7-3-2-4-8-17)18-11-13-19(14-12-18)28-24(33)20-9-5-6-10-21(20)26/h2-14H,15-16H2,1H3,(H,27,32)(H,28,33). The number of hydrogen-bond donors (Lipinski definition) is 2. The Balaban J connectivity index is 1.34. The molecule has 0 aliphatic carbocycles. The predicted octanol–water partition coefficient (Wildman–Crippen LogP) is 4.80. The minimum absolute atomic E-state index is 0.0722. The lowest BCUT2D eigenvalue weighted by Crippen LogP contribution is -2.24. The molecule has 0 aliphatic rings. The fourth-order valence-electron chi connectivity index (χ4n) is 3.22. The Kier molecular flexibility index (Phi) is 7.61. The van der Waals surface area contributed by atoms with Crippen LogP contribution in [-0.4, -0.2) is 32.3 Å². The first-order valence-electron chi connectivity index (χ1n) is 10.5. The van der Waals surface area contributed by atoms with Crippen LogP contribution in [0.25, 0.3) is 11.4 Å². The van der Waals surface area contributed by atoms with Gasteiger partial charge in [0.25, 0.3) is 5.91 Å². The molecule has 0 atom stereocenters. The number of amides is 2. The van der Waals surface area contributed by atoms with Crippen molar-refractivity contribution >= 4 is 40.9 Å². The highest BCUT2D eigenvalue weighted by molar-refractivity contribution is 7.99. The zero-order chi connectivity index (χ0) is 23.9. The van der Waals surface area contributed by atoms with E-state index in [1.165, 1.54) is 11.8 Å². The third-order valence-corrected chi connectivity index (χ3v) is 6.37. The van der Waals surface area contributed by atoms with E-state index < -0.39 is 0 Å². The quantitative estimate of drug-likeness (QED) is 0.346. The van der Waals surface area contributed by atoms with Gasteiger partial charge < -0.3 is 15.2 Å². The van der Waals surface area contributed by atoms with E-state index in [-0.39, 0.29) is 17.6 Å². The van der Waals surface area contributed by atoms with Crippen LogP contribution in [0.5, 0.6) is 0 Å². The van der Waals surface area contributed by atoms with Crippen molar-refractivity contribution in [1.29, 1.82) is 0 Å². The van der Waals surface area contributed by atoms with Crippen LogP contribution in [0.2, 0.25) is 5.02 Å². The van der Waals surface area contributed by atoms with Crippen molar-refractivity contribution in [3.05, 3.63) is 95.0 Å². The number of aromatic nitrogens is 3. The van der Waals surface area contributed by atoms with E-state index in [1.807, 2.05) is 54.1 Å². The second-order valence-corrected chi connectivity index (χ2v) is 8.78. The van der Waals surface area contributed by atoms with Crippen LogP contribution in [0.4, 0.5) is 5.69 Å². The minimum atomic E-state index is -0.277. The molecule has 0 saturated carbocycles.